The molecule has 7 heteroatoms. The van der Waals surface area contributed by atoms with Crippen molar-refractivity contribution in [2.45, 2.75) is 19.4 Å². The van der Waals surface area contributed by atoms with E-state index in [1.807, 2.05) is 12.1 Å². The van der Waals surface area contributed by atoms with Crippen molar-refractivity contribution >= 4 is 5.78 Å². The second-order valence-corrected chi connectivity index (χ2v) is 7.54. The van der Waals surface area contributed by atoms with E-state index in [1.54, 1.807) is 39.5 Å². The largest absolute Gasteiger partial charge is 0.497 e. The van der Waals surface area contributed by atoms with Crippen molar-refractivity contribution in [2.24, 2.45) is 5.92 Å². The van der Waals surface area contributed by atoms with Crippen molar-refractivity contribution in [3.63, 3.8) is 0 Å². The Morgan fingerprint density at radius 1 is 1.07 bits per heavy atom. The highest BCUT2D eigenvalue weighted by molar-refractivity contribution is 6.00. The summed E-state index contributed by atoms with van der Waals surface area (Å²) in [6.07, 6.45) is 1.84. The minimum Gasteiger partial charge on any atom is -0.497 e. The molecule has 0 radical (unpaired) electrons. The quantitative estimate of drug-likeness (QED) is 0.643. The molecule has 7 nitrogen and oxygen atoms in total. The van der Waals surface area contributed by atoms with Crippen LogP contribution in [0.1, 0.15) is 28.8 Å². The predicted octanol–water partition coefficient (Wildman–Crippen LogP) is 3.54. The molecule has 0 N–H and O–H groups in total. The SMILES string of the molecule is COc1ccc(C(=O)[C@H]2CCCN(Cc3cc(OC)c4c(c3)OCO4)C2)c(OC)c1. The van der Waals surface area contributed by atoms with Crippen LogP contribution < -0.4 is 23.7 Å². The molecule has 0 aliphatic carbocycles. The molecule has 30 heavy (non-hydrogen) atoms. The number of hydrogen-bond acceptors (Lipinski definition) is 7. The van der Waals surface area contributed by atoms with E-state index < -0.39 is 0 Å². The van der Waals surface area contributed by atoms with E-state index in [0.717, 1.165) is 31.5 Å². The van der Waals surface area contributed by atoms with Gasteiger partial charge in [0.05, 0.1) is 26.9 Å². The first-order chi connectivity index (χ1) is 14.6. The van der Waals surface area contributed by atoms with E-state index in [1.165, 1.54) is 0 Å². The molecule has 4 rings (SSSR count). The normalized spacial score (nSPS) is 18.2. The Kier molecular flexibility index (Phi) is 5.99. The van der Waals surface area contributed by atoms with Crippen LogP contribution in [0.5, 0.6) is 28.7 Å². The Morgan fingerprint density at radius 3 is 2.67 bits per heavy atom. The summed E-state index contributed by atoms with van der Waals surface area (Å²) in [7, 11) is 4.80. The second-order valence-electron chi connectivity index (χ2n) is 7.54. The fourth-order valence-electron chi connectivity index (χ4n) is 4.17. The number of fused-ring (bicyclic) bond motifs is 1. The molecule has 0 saturated carbocycles. The lowest BCUT2D eigenvalue weighted by Gasteiger charge is -2.32. The van der Waals surface area contributed by atoms with Crippen molar-refractivity contribution in [1.82, 2.24) is 4.90 Å². The molecule has 0 amide bonds. The molecule has 0 spiro atoms. The number of likely N-dealkylation sites (tertiary alicyclic amines) is 1. The Morgan fingerprint density at radius 2 is 1.90 bits per heavy atom. The molecule has 2 heterocycles. The maximum Gasteiger partial charge on any atom is 0.231 e. The fraction of sp³-hybridized carbons (Fsp3) is 0.435. The van der Waals surface area contributed by atoms with Crippen LogP contribution in [0.3, 0.4) is 0 Å². The lowest BCUT2D eigenvalue weighted by Crippen LogP contribution is -2.38. The number of carbonyl (C=O) groups excluding carboxylic acids is 1. The van der Waals surface area contributed by atoms with Crippen LogP contribution in [0.4, 0.5) is 0 Å². The third-order valence-corrected chi connectivity index (χ3v) is 5.67. The number of carbonyl (C=O) groups is 1. The van der Waals surface area contributed by atoms with Gasteiger partial charge in [-0.15, -0.1) is 0 Å². The zero-order valence-electron chi connectivity index (χ0n) is 17.6. The highest BCUT2D eigenvalue weighted by Gasteiger charge is 2.29. The lowest BCUT2D eigenvalue weighted by atomic mass is 9.89. The van der Waals surface area contributed by atoms with Gasteiger partial charge in [-0.25, -0.2) is 0 Å². The van der Waals surface area contributed by atoms with Crippen molar-refractivity contribution in [3.05, 3.63) is 41.5 Å². The zero-order chi connectivity index (χ0) is 21.1. The summed E-state index contributed by atoms with van der Waals surface area (Å²) in [6, 6.07) is 9.32. The van der Waals surface area contributed by atoms with E-state index in [9.17, 15) is 4.79 Å². The summed E-state index contributed by atoms with van der Waals surface area (Å²) < 4.78 is 27.1. The molecule has 1 fully saturated rings. The van der Waals surface area contributed by atoms with Gasteiger partial charge >= 0.3 is 0 Å². The summed E-state index contributed by atoms with van der Waals surface area (Å²) in [6.45, 7) is 2.57. The minimum absolute atomic E-state index is 0.0723. The number of hydrogen-bond donors (Lipinski definition) is 0. The van der Waals surface area contributed by atoms with E-state index in [4.69, 9.17) is 23.7 Å². The Bertz CT molecular complexity index is 928. The van der Waals surface area contributed by atoms with Crippen molar-refractivity contribution in [1.29, 1.82) is 0 Å². The van der Waals surface area contributed by atoms with Crippen molar-refractivity contribution < 1.29 is 28.5 Å². The first-order valence-electron chi connectivity index (χ1n) is 10.1. The number of nitrogens with zero attached hydrogens (tertiary/aromatic N) is 1. The third-order valence-electron chi connectivity index (χ3n) is 5.67. The second kappa shape index (κ2) is 8.83. The van der Waals surface area contributed by atoms with Crippen LogP contribution in [0.25, 0.3) is 0 Å². The molecule has 0 unspecified atom stereocenters. The smallest absolute Gasteiger partial charge is 0.231 e. The van der Waals surface area contributed by atoms with Gasteiger partial charge in [-0.05, 0) is 49.2 Å². The van der Waals surface area contributed by atoms with Crippen LogP contribution in [-0.2, 0) is 6.54 Å². The number of benzene rings is 2. The van der Waals surface area contributed by atoms with Crippen LogP contribution in [0.2, 0.25) is 0 Å². The van der Waals surface area contributed by atoms with Gasteiger partial charge in [0.2, 0.25) is 12.5 Å². The van der Waals surface area contributed by atoms with Gasteiger partial charge in [-0.2, -0.15) is 0 Å². The Hall–Kier alpha value is -2.93. The van der Waals surface area contributed by atoms with Gasteiger partial charge in [0.1, 0.15) is 11.5 Å². The lowest BCUT2D eigenvalue weighted by molar-refractivity contribution is 0.0808. The third kappa shape index (κ3) is 4.03. The van der Waals surface area contributed by atoms with Crippen LogP contribution in [0.15, 0.2) is 30.3 Å². The summed E-state index contributed by atoms with van der Waals surface area (Å²) in [4.78, 5) is 15.5. The van der Waals surface area contributed by atoms with Gasteiger partial charge in [0.25, 0.3) is 0 Å². The van der Waals surface area contributed by atoms with Crippen LogP contribution in [-0.4, -0.2) is 51.9 Å². The van der Waals surface area contributed by atoms with Gasteiger partial charge < -0.3 is 23.7 Å². The maximum atomic E-state index is 13.2. The molecule has 1 saturated heterocycles. The monoisotopic (exact) mass is 413 g/mol. The molecule has 0 aromatic heterocycles. The number of piperidine rings is 1. The summed E-state index contributed by atoms with van der Waals surface area (Å²) in [5.41, 5.74) is 1.68. The Balaban J connectivity index is 1.48. The van der Waals surface area contributed by atoms with Gasteiger partial charge in [-0.3, -0.25) is 9.69 Å². The molecular weight excluding hydrogens is 386 g/mol. The first kappa shape index (κ1) is 20.3. The maximum absolute atomic E-state index is 13.2. The summed E-state index contributed by atoms with van der Waals surface area (Å²) in [5, 5.41) is 0. The number of methoxy groups -OCH3 is 3. The predicted molar refractivity (Wildman–Crippen MR) is 111 cm³/mol. The number of rotatable bonds is 7. The standard InChI is InChI=1S/C23H27NO6/c1-26-17-6-7-18(19(11-17)27-2)22(25)16-5-4-8-24(13-16)12-15-9-20(28-3)23-21(10-15)29-14-30-23/h6-7,9-11,16H,4-5,8,12-14H2,1-3H3/t16-/m0/s1. The van der Waals surface area contributed by atoms with E-state index in [2.05, 4.69) is 4.90 Å². The van der Waals surface area contributed by atoms with Gasteiger partial charge in [0, 0.05) is 25.1 Å². The average Bonchev–Trinajstić information content (AvgIpc) is 3.26. The molecule has 2 aliphatic rings. The van der Waals surface area contributed by atoms with E-state index in [-0.39, 0.29) is 18.5 Å². The average molecular weight is 413 g/mol. The zero-order valence-corrected chi connectivity index (χ0v) is 17.6. The first-order valence-corrected chi connectivity index (χ1v) is 10.1. The highest BCUT2D eigenvalue weighted by atomic mass is 16.7. The van der Waals surface area contributed by atoms with Crippen molar-refractivity contribution in [3.8, 4) is 28.7 Å². The van der Waals surface area contributed by atoms with Crippen LogP contribution >= 0.6 is 0 Å². The fourth-order valence-corrected chi connectivity index (χ4v) is 4.17. The van der Waals surface area contributed by atoms with E-state index >= 15 is 0 Å². The highest BCUT2D eigenvalue weighted by Crippen LogP contribution is 2.42. The summed E-state index contributed by atoms with van der Waals surface area (Å²) in [5.74, 6) is 3.30. The summed E-state index contributed by atoms with van der Waals surface area (Å²) >= 11 is 0. The van der Waals surface area contributed by atoms with E-state index in [0.29, 0.717) is 40.9 Å². The van der Waals surface area contributed by atoms with Gasteiger partial charge in [0.15, 0.2) is 17.3 Å². The number of Topliss-reactive ketones (excluding diaryl/α,β-unsaturated/α-hetero) is 1. The molecule has 2 aromatic rings. The Labute approximate surface area is 176 Å². The number of ether oxygens (including phenoxy) is 5. The molecule has 2 aromatic carbocycles. The molecule has 1 atom stereocenters. The van der Waals surface area contributed by atoms with Gasteiger partial charge in [-0.1, -0.05) is 0 Å². The van der Waals surface area contributed by atoms with Crippen molar-refractivity contribution in [2.75, 3.05) is 41.2 Å². The molecular formula is C23H27NO6. The molecule has 2 aliphatic heterocycles. The minimum atomic E-state index is -0.0723. The topological polar surface area (TPSA) is 66.5 Å². The molecule has 0 bridgehead atoms. The number of ketones is 1. The molecule has 160 valence electrons. The van der Waals surface area contributed by atoms with Crippen LogP contribution in [0, 0.1) is 5.92 Å².